The highest BCUT2D eigenvalue weighted by Gasteiger charge is 2.05. The zero-order valence-corrected chi connectivity index (χ0v) is 9.39. The van der Waals surface area contributed by atoms with E-state index in [0.29, 0.717) is 19.4 Å². The molecule has 0 aromatic carbocycles. The van der Waals surface area contributed by atoms with Gasteiger partial charge in [-0.1, -0.05) is 0 Å². The van der Waals surface area contributed by atoms with Crippen molar-refractivity contribution in [2.75, 3.05) is 13.7 Å². The number of aromatic nitrogens is 1. The molecule has 78 valence electrons. The average Bonchev–Trinajstić information content (AvgIpc) is 2.52. The Kier molecular flexibility index (Phi) is 4.76. The Morgan fingerprint density at radius 3 is 3.00 bits per heavy atom. The molecular weight excluding hydrogens is 198 g/mol. The van der Waals surface area contributed by atoms with Crippen molar-refractivity contribution in [2.45, 2.75) is 26.2 Å². The number of Topliss-reactive ketones (excluding diaryl/α,β-unsaturated/α-hetero) is 1. The maximum Gasteiger partial charge on any atom is 0.138 e. The molecular formula is C10H15NO2S. The number of nitrogens with zero attached hydrogens (tertiary/aromatic N) is 1. The zero-order valence-electron chi connectivity index (χ0n) is 8.58. The molecule has 0 radical (unpaired) electrons. The molecule has 0 aliphatic heterocycles. The number of thiazole rings is 1. The number of carbonyl (C=O) groups excluding carboxylic acids is 1. The van der Waals surface area contributed by atoms with Crippen LogP contribution >= 0.6 is 11.3 Å². The van der Waals surface area contributed by atoms with Crippen molar-refractivity contribution in [1.29, 1.82) is 0 Å². The summed E-state index contributed by atoms with van der Waals surface area (Å²) in [7, 11) is 1.65. The molecule has 0 unspecified atom stereocenters. The minimum atomic E-state index is 0.243. The van der Waals surface area contributed by atoms with Gasteiger partial charge in [0, 0.05) is 31.9 Å². The highest BCUT2D eigenvalue weighted by Crippen LogP contribution is 2.09. The van der Waals surface area contributed by atoms with E-state index >= 15 is 0 Å². The average molecular weight is 213 g/mol. The third-order valence-corrected chi connectivity index (χ3v) is 2.67. The number of hydrogen-bond acceptors (Lipinski definition) is 4. The quantitative estimate of drug-likeness (QED) is 0.678. The third-order valence-electron chi connectivity index (χ3n) is 1.85. The normalized spacial score (nSPS) is 10.4. The predicted octanol–water partition coefficient (Wildman–Crippen LogP) is 1.99. The van der Waals surface area contributed by atoms with E-state index in [0.717, 1.165) is 17.1 Å². The topological polar surface area (TPSA) is 39.2 Å². The first kappa shape index (κ1) is 11.3. The number of aryl methyl sites for hydroxylation is 1. The fourth-order valence-corrected chi connectivity index (χ4v) is 1.81. The second kappa shape index (κ2) is 5.88. The van der Waals surface area contributed by atoms with E-state index in [-0.39, 0.29) is 5.78 Å². The molecule has 0 atom stereocenters. The van der Waals surface area contributed by atoms with E-state index in [9.17, 15) is 4.79 Å². The molecule has 1 aromatic rings. The van der Waals surface area contributed by atoms with Crippen LogP contribution in [0.4, 0.5) is 0 Å². The van der Waals surface area contributed by atoms with Crippen molar-refractivity contribution in [3.05, 3.63) is 16.1 Å². The maximum absolute atomic E-state index is 11.4. The molecule has 0 spiro atoms. The number of ether oxygens (including phenoxy) is 1. The van der Waals surface area contributed by atoms with Crippen LogP contribution in [0.2, 0.25) is 0 Å². The van der Waals surface area contributed by atoms with Gasteiger partial charge in [-0.3, -0.25) is 4.79 Å². The molecule has 1 aromatic heterocycles. The SMILES string of the molecule is COCCCC(=O)Cc1csc(C)n1. The fourth-order valence-electron chi connectivity index (χ4n) is 1.19. The van der Waals surface area contributed by atoms with E-state index in [1.807, 2.05) is 12.3 Å². The monoisotopic (exact) mass is 213 g/mol. The zero-order chi connectivity index (χ0) is 10.4. The van der Waals surface area contributed by atoms with Crippen LogP contribution in [0.25, 0.3) is 0 Å². The van der Waals surface area contributed by atoms with Crippen molar-refractivity contribution in [2.24, 2.45) is 0 Å². The predicted molar refractivity (Wildman–Crippen MR) is 56.7 cm³/mol. The summed E-state index contributed by atoms with van der Waals surface area (Å²) >= 11 is 1.59. The van der Waals surface area contributed by atoms with Crippen LogP contribution in [-0.4, -0.2) is 24.5 Å². The number of hydrogen-bond donors (Lipinski definition) is 0. The highest BCUT2D eigenvalue weighted by molar-refractivity contribution is 7.09. The summed E-state index contributed by atoms with van der Waals surface area (Å²) in [5.74, 6) is 0.243. The molecule has 0 saturated heterocycles. The number of ketones is 1. The van der Waals surface area contributed by atoms with Gasteiger partial charge in [-0.05, 0) is 13.3 Å². The molecule has 0 aliphatic rings. The summed E-state index contributed by atoms with van der Waals surface area (Å²) in [4.78, 5) is 15.7. The van der Waals surface area contributed by atoms with Gasteiger partial charge in [-0.2, -0.15) is 0 Å². The van der Waals surface area contributed by atoms with Gasteiger partial charge in [0.1, 0.15) is 5.78 Å². The Hall–Kier alpha value is -0.740. The summed E-state index contributed by atoms with van der Waals surface area (Å²) in [6, 6.07) is 0. The lowest BCUT2D eigenvalue weighted by Gasteiger charge is -1.97. The number of rotatable bonds is 6. The molecule has 3 nitrogen and oxygen atoms in total. The summed E-state index contributed by atoms with van der Waals surface area (Å²) in [6.45, 7) is 2.60. The molecule has 4 heteroatoms. The Bertz CT molecular complexity index is 296. The smallest absolute Gasteiger partial charge is 0.138 e. The Labute approximate surface area is 88.1 Å². The number of carbonyl (C=O) groups is 1. The molecule has 1 rings (SSSR count). The first-order chi connectivity index (χ1) is 6.72. The van der Waals surface area contributed by atoms with E-state index in [1.165, 1.54) is 0 Å². The first-order valence-corrected chi connectivity index (χ1v) is 5.52. The van der Waals surface area contributed by atoms with Crippen LogP contribution in [0.3, 0.4) is 0 Å². The molecule has 0 saturated carbocycles. The largest absolute Gasteiger partial charge is 0.385 e. The molecule has 0 amide bonds. The molecule has 14 heavy (non-hydrogen) atoms. The molecule has 0 fully saturated rings. The summed E-state index contributed by atoms with van der Waals surface area (Å²) in [5.41, 5.74) is 0.898. The van der Waals surface area contributed by atoms with Gasteiger partial charge >= 0.3 is 0 Å². The summed E-state index contributed by atoms with van der Waals surface area (Å²) < 4.78 is 4.88. The van der Waals surface area contributed by atoms with Crippen LogP contribution < -0.4 is 0 Å². The Morgan fingerprint density at radius 1 is 1.64 bits per heavy atom. The Morgan fingerprint density at radius 2 is 2.43 bits per heavy atom. The molecule has 1 heterocycles. The van der Waals surface area contributed by atoms with Gasteiger partial charge in [0.2, 0.25) is 0 Å². The standard InChI is InChI=1S/C10H15NO2S/c1-8-11-9(7-14-8)6-10(12)4-3-5-13-2/h7H,3-6H2,1-2H3. The second-order valence-corrected chi connectivity index (χ2v) is 4.23. The van der Waals surface area contributed by atoms with Gasteiger partial charge in [-0.15, -0.1) is 11.3 Å². The van der Waals surface area contributed by atoms with Crippen molar-refractivity contribution in [1.82, 2.24) is 4.98 Å². The molecule has 0 N–H and O–H groups in total. The summed E-state index contributed by atoms with van der Waals surface area (Å²) in [6.07, 6.45) is 1.86. The van der Waals surface area contributed by atoms with Crippen molar-refractivity contribution >= 4 is 17.1 Å². The van der Waals surface area contributed by atoms with E-state index < -0.39 is 0 Å². The van der Waals surface area contributed by atoms with Gasteiger partial charge in [0.25, 0.3) is 0 Å². The van der Waals surface area contributed by atoms with E-state index in [2.05, 4.69) is 4.98 Å². The lowest BCUT2D eigenvalue weighted by molar-refractivity contribution is -0.118. The van der Waals surface area contributed by atoms with Crippen LogP contribution in [0.15, 0.2) is 5.38 Å². The van der Waals surface area contributed by atoms with Crippen molar-refractivity contribution in [3.8, 4) is 0 Å². The van der Waals surface area contributed by atoms with Crippen LogP contribution in [0.1, 0.15) is 23.5 Å². The molecule has 0 bridgehead atoms. The minimum Gasteiger partial charge on any atom is -0.385 e. The van der Waals surface area contributed by atoms with Gasteiger partial charge in [0.15, 0.2) is 0 Å². The highest BCUT2D eigenvalue weighted by atomic mass is 32.1. The van der Waals surface area contributed by atoms with Gasteiger partial charge in [0.05, 0.1) is 10.7 Å². The summed E-state index contributed by atoms with van der Waals surface area (Å²) in [5, 5.41) is 2.97. The lowest BCUT2D eigenvalue weighted by Crippen LogP contribution is -2.04. The van der Waals surface area contributed by atoms with Crippen molar-refractivity contribution < 1.29 is 9.53 Å². The lowest BCUT2D eigenvalue weighted by atomic mass is 10.1. The first-order valence-electron chi connectivity index (χ1n) is 4.64. The van der Waals surface area contributed by atoms with Crippen molar-refractivity contribution in [3.63, 3.8) is 0 Å². The fraction of sp³-hybridized carbons (Fsp3) is 0.600. The van der Waals surface area contributed by atoms with E-state index in [4.69, 9.17) is 4.74 Å². The Balaban J connectivity index is 2.27. The van der Waals surface area contributed by atoms with E-state index in [1.54, 1.807) is 18.4 Å². The maximum atomic E-state index is 11.4. The van der Waals surface area contributed by atoms with Crippen LogP contribution in [0.5, 0.6) is 0 Å². The second-order valence-electron chi connectivity index (χ2n) is 3.17. The van der Waals surface area contributed by atoms with Crippen LogP contribution in [-0.2, 0) is 16.0 Å². The minimum absolute atomic E-state index is 0.243. The molecule has 0 aliphatic carbocycles. The third kappa shape index (κ3) is 3.98. The van der Waals surface area contributed by atoms with Gasteiger partial charge in [-0.25, -0.2) is 4.98 Å². The number of methoxy groups -OCH3 is 1. The van der Waals surface area contributed by atoms with Crippen LogP contribution in [0, 0.1) is 6.92 Å². The van der Waals surface area contributed by atoms with Gasteiger partial charge < -0.3 is 4.74 Å².